The van der Waals surface area contributed by atoms with E-state index in [4.69, 9.17) is 10.5 Å². The quantitative estimate of drug-likeness (QED) is 0.858. The fourth-order valence-electron chi connectivity index (χ4n) is 2.33. The van der Waals surface area contributed by atoms with E-state index in [1.54, 1.807) is 0 Å². The first-order chi connectivity index (χ1) is 9.20. The van der Waals surface area contributed by atoms with Crippen molar-refractivity contribution in [2.24, 2.45) is 5.73 Å². The molecule has 0 atom stereocenters. The molecule has 1 saturated heterocycles. The lowest BCUT2D eigenvalue weighted by Crippen LogP contribution is -2.48. The normalized spacial score (nSPS) is 16.9. The Kier molecular flexibility index (Phi) is 4.99. The first-order valence-electron chi connectivity index (χ1n) is 6.99. The molecule has 1 fully saturated rings. The van der Waals surface area contributed by atoms with Gasteiger partial charge >= 0.3 is 0 Å². The molecule has 0 aromatic carbocycles. The largest absolute Gasteiger partial charge is 0.487 e. The Morgan fingerprint density at radius 3 is 2.68 bits per heavy atom. The van der Waals surface area contributed by atoms with Crippen LogP contribution in [-0.2, 0) is 0 Å². The number of nitrogens with zero attached hydrogens (tertiary/aromatic N) is 3. The monoisotopic (exact) mass is 264 g/mol. The lowest BCUT2D eigenvalue weighted by molar-refractivity contribution is 0.237. The van der Waals surface area contributed by atoms with E-state index in [0.29, 0.717) is 0 Å². The zero-order valence-electron chi connectivity index (χ0n) is 11.9. The van der Waals surface area contributed by atoms with Gasteiger partial charge in [0.15, 0.2) is 11.6 Å². The molecule has 1 aliphatic rings. The van der Waals surface area contributed by atoms with Gasteiger partial charge in [0.25, 0.3) is 0 Å². The van der Waals surface area contributed by atoms with Crippen LogP contribution < -0.4 is 15.4 Å². The summed E-state index contributed by atoms with van der Waals surface area (Å²) in [5.74, 6) is 1.84. The van der Waals surface area contributed by atoms with Crippen LogP contribution in [-0.4, -0.2) is 55.3 Å². The second-order valence-electron chi connectivity index (χ2n) is 5.11. The van der Waals surface area contributed by atoms with Crippen molar-refractivity contribution in [3.8, 4) is 5.75 Å². The Bertz CT molecular complexity index is 389. The standard InChI is InChI=1S/C14H24N4O/c1-12(2)19-13-4-3-6-16-14(13)18-10-8-17(7-5-15)9-11-18/h3-4,6,12H,5,7-11,15H2,1-2H3. The Hall–Kier alpha value is -1.33. The van der Waals surface area contributed by atoms with Gasteiger partial charge in [0.1, 0.15) is 0 Å². The average Bonchev–Trinajstić information content (AvgIpc) is 2.40. The minimum atomic E-state index is 0.168. The van der Waals surface area contributed by atoms with Gasteiger partial charge in [0.05, 0.1) is 6.10 Å². The van der Waals surface area contributed by atoms with Crippen molar-refractivity contribution in [3.05, 3.63) is 18.3 Å². The second-order valence-corrected chi connectivity index (χ2v) is 5.11. The number of anilines is 1. The molecule has 0 bridgehead atoms. The topological polar surface area (TPSA) is 54.6 Å². The van der Waals surface area contributed by atoms with Crippen molar-refractivity contribution >= 4 is 5.82 Å². The van der Waals surface area contributed by atoms with E-state index in [1.807, 2.05) is 32.2 Å². The maximum atomic E-state index is 5.84. The van der Waals surface area contributed by atoms with Crippen LogP contribution in [0.15, 0.2) is 18.3 Å². The fraction of sp³-hybridized carbons (Fsp3) is 0.643. The van der Waals surface area contributed by atoms with Crippen molar-refractivity contribution in [1.29, 1.82) is 0 Å². The van der Waals surface area contributed by atoms with E-state index in [0.717, 1.165) is 50.8 Å². The third-order valence-corrected chi connectivity index (χ3v) is 3.23. The molecular formula is C14H24N4O. The van der Waals surface area contributed by atoms with Gasteiger partial charge in [-0.25, -0.2) is 4.98 Å². The van der Waals surface area contributed by atoms with Gasteiger partial charge in [-0.3, -0.25) is 4.90 Å². The van der Waals surface area contributed by atoms with Gasteiger partial charge in [0.2, 0.25) is 0 Å². The average molecular weight is 264 g/mol. The zero-order valence-corrected chi connectivity index (χ0v) is 11.9. The number of ether oxygens (including phenoxy) is 1. The summed E-state index contributed by atoms with van der Waals surface area (Å²) in [5, 5.41) is 0. The highest BCUT2D eigenvalue weighted by molar-refractivity contribution is 5.52. The molecule has 5 nitrogen and oxygen atoms in total. The maximum Gasteiger partial charge on any atom is 0.171 e. The highest BCUT2D eigenvalue weighted by Crippen LogP contribution is 2.26. The van der Waals surface area contributed by atoms with E-state index in [9.17, 15) is 0 Å². The van der Waals surface area contributed by atoms with Crippen molar-refractivity contribution < 1.29 is 4.74 Å². The number of hydrogen-bond donors (Lipinski definition) is 1. The Morgan fingerprint density at radius 2 is 2.05 bits per heavy atom. The fourth-order valence-corrected chi connectivity index (χ4v) is 2.33. The van der Waals surface area contributed by atoms with Gasteiger partial charge in [-0.2, -0.15) is 0 Å². The molecule has 2 N–H and O–H groups in total. The number of hydrogen-bond acceptors (Lipinski definition) is 5. The number of pyridine rings is 1. The summed E-state index contributed by atoms with van der Waals surface area (Å²) >= 11 is 0. The summed E-state index contributed by atoms with van der Waals surface area (Å²) in [4.78, 5) is 9.17. The summed E-state index contributed by atoms with van der Waals surface area (Å²) in [6, 6.07) is 3.92. The molecule has 1 aromatic rings. The highest BCUT2D eigenvalue weighted by atomic mass is 16.5. The molecule has 0 spiro atoms. The number of piperazine rings is 1. The summed E-state index contributed by atoms with van der Waals surface area (Å²) < 4.78 is 5.84. The van der Waals surface area contributed by atoms with Crippen molar-refractivity contribution in [3.63, 3.8) is 0 Å². The third kappa shape index (κ3) is 3.81. The van der Waals surface area contributed by atoms with Crippen molar-refractivity contribution in [2.45, 2.75) is 20.0 Å². The Morgan fingerprint density at radius 1 is 1.32 bits per heavy atom. The van der Waals surface area contributed by atoms with Crippen LogP contribution in [0.3, 0.4) is 0 Å². The SMILES string of the molecule is CC(C)Oc1cccnc1N1CCN(CCN)CC1. The van der Waals surface area contributed by atoms with Crippen LogP contribution in [0.25, 0.3) is 0 Å². The number of aromatic nitrogens is 1. The summed E-state index contributed by atoms with van der Waals surface area (Å²) in [7, 11) is 0. The van der Waals surface area contributed by atoms with Gasteiger partial charge in [-0.1, -0.05) is 0 Å². The third-order valence-electron chi connectivity index (χ3n) is 3.23. The summed E-state index contributed by atoms with van der Waals surface area (Å²) in [6.45, 7) is 9.81. The van der Waals surface area contributed by atoms with Gasteiger partial charge in [0, 0.05) is 45.5 Å². The molecule has 0 radical (unpaired) electrons. The van der Waals surface area contributed by atoms with Crippen molar-refractivity contribution in [1.82, 2.24) is 9.88 Å². The molecule has 0 saturated carbocycles. The molecule has 0 aliphatic carbocycles. The van der Waals surface area contributed by atoms with Crippen LogP contribution in [0.2, 0.25) is 0 Å². The number of nitrogens with two attached hydrogens (primary N) is 1. The van der Waals surface area contributed by atoms with E-state index < -0.39 is 0 Å². The van der Waals surface area contributed by atoms with E-state index in [2.05, 4.69) is 14.8 Å². The first-order valence-corrected chi connectivity index (χ1v) is 6.99. The molecule has 19 heavy (non-hydrogen) atoms. The molecule has 0 unspecified atom stereocenters. The first kappa shape index (κ1) is 14.1. The maximum absolute atomic E-state index is 5.84. The molecule has 0 amide bonds. The molecule has 106 valence electrons. The van der Waals surface area contributed by atoms with Gasteiger partial charge in [-0.05, 0) is 26.0 Å². The van der Waals surface area contributed by atoms with E-state index in [-0.39, 0.29) is 6.10 Å². The van der Waals surface area contributed by atoms with Crippen LogP contribution >= 0.6 is 0 Å². The summed E-state index contributed by atoms with van der Waals surface area (Å²) in [5.41, 5.74) is 5.60. The minimum absolute atomic E-state index is 0.168. The van der Waals surface area contributed by atoms with Crippen LogP contribution in [0, 0.1) is 0 Å². The molecular weight excluding hydrogens is 240 g/mol. The molecule has 1 aromatic heterocycles. The van der Waals surface area contributed by atoms with E-state index in [1.165, 1.54) is 0 Å². The lowest BCUT2D eigenvalue weighted by atomic mass is 10.3. The summed E-state index contributed by atoms with van der Waals surface area (Å²) in [6.07, 6.45) is 2.00. The Balaban J connectivity index is 2.02. The molecule has 2 heterocycles. The molecule has 2 rings (SSSR count). The number of rotatable bonds is 5. The molecule has 5 heteroatoms. The van der Waals surface area contributed by atoms with Crippen molar-refractivity contribution in [2.75, 3.05) is 44.2 Å². The molecule has 1 aliphatic heterocycles. The van der Waals surface area contributed by atoms with Gasteiger partial charge in [-0.15, -0.1) is 0 Å². The smallest absolute Gasteiger partial charge is 0.171 e. The van der Waals surface area contributed by atoms with Crippen LogP contribution in [0.1, 0.15) is 13.8 Å². The second kappa shape index (κ2) is 6.73. The van der Waals surface area contributed by atoms with Crippen LogP contribution in [0.5, 0.6) is 5.75 Å². The zero-order chi connectivity index (χ0) is 13.7. The van der Waals surface area contributed by atoms with Gasteiger partial charge < -0.3 is 15.4 Å². The predicted molar refractivity (Wildman–Crippen MR) is 77.7 cm³/mol. The Labute approximate surface area is 115 Å². The van der Waals surface area contributed by atoms with Crippen LogP contribution in [0.4, 0.5) is 5.82 Å². The minimum Gasteiger partial charge on any atom is -0.487 e. The lowest BCUT2D eigenvalue weighted by Gasteiger charge is -2.35. The van der Waals surface area contributed by atoms with E-state index >= 15 is 0 Å². The predicted octanol–water partition coefficient (Wildman–Crippen LogP) is 0.950. The highest BCUT2D eigenvalue weighted by Gasteiger charge is 2.20.